The van der Waals surface area contributed by atoms with E-state index in [2.05, 4.69) is 5.32 Å². The number of amides is 2. The molecule has 0 aliphatic carbocycles. The highest BCUT2D eigenvalue weighted by atomic mass is 19.1. The van der Waals surface area contributed by atoms with E-state index in [1.807, 2.05) is 25.1 Å². The number of aryl methyl sites for hydroxylation is 1. The topological polar surface area (TPSA) is 49.4 Å². The Bertz CT molecular complexity index is 775. The molecule has 24 heavy (non-hydrogen) atoms. The second-order valence-corrected chi connectivity index (χ2v) is 6.03. The number of hydrogen-bond acceptors (Lipinski definition) is 2. The van der Waals surface area contributed by atoms with Crippen LogP contribution in [0.2, 0.25) is 0 Å². The maximum Gasteiger partial charge on any atom is 0.254 e. The molecule has 1 aliphatic heterocycles. The van der Waals surface area contributed by atoms with E-state index in [0.29, 0.717) is 24.2 Å². The third-order valence-electron chi connectivity index (χ3n) is 4.17. The summed E-state index contributed by atoms with van der Waals surface area (Å²) in [5, 5.41) is 2.70. The molecule has 0 spiro atoms. The van der Waals surface area contributed by atoms with Crippen molar-refractivity contribution < 1.29 is 14.0 Å². The number of benzene rings is 2. The van der Waals surface area contributed by atoms with Gasteiger partial charge in [0.25, 0.3) is 5.91 Å². The van der Waals surface area contributed by atoms with E-state index in [4.69, 9.17) is 0 Å². The fourth-order valence-electron chi connectivity index (χ4n) is 3.02. The van der Waals surface area contributed by atoms with E-state index in [1.165, 1.54) is 18.2 Å². The van der Waals surface area contributed by atoms with E-state index < -0.39 is 11.9 Å². The van der Waals surface area contributed by atoms with E-state index in [1.54, 1.807) is 17.0 Å². The van der Waals surface area contributed by atoms with Crippen LogP contribution >= 0.6 is 0 Å². The highest BCUT2D eigenvalue weighted by molar-refractivity contribution is 6.01. The fourth-order valence-corrected chi connectivity index (χ4v) is 3.02. The van der Waals surface area contributed by atoms with Gasteiger partial charge in [-0.1, -0.05) is 23.8 Å². The van der Waals surface area contributed by atoms with Gasteiger partial charge in [-0.05, 0) is 50.1 Å². The molecule has 1 N–H and O–H groups in total. The van der Waals surface area contributed by atoms with Crippen LogP contribution < -0.4 is 5.32 Å². The van der Waals surface area contributed by atoms with Crippen molar-refractivity contribution >= 4 is 17.5 Å². The molecule has 0 unspecified atom stereocenters. The van der Waals surface area contributed by atoms with E-state index in [9.17, 15) is 14.0 Å². The van der Waals surface area contributed by atoms with Crippen LogP contribution in [-0.2, 0) is 4.79 Å². The Morgan fingerprint density at radius 3 is 2.71 bits per heavy atom. The molecule has 1 heterocycles. The Hall–Kier alpha value is -2.69. The van der Waals surface area contributed by atoms with Gasteiger partial charge in [0, 0.05) is 17.8 Å². The first kappa shape index (κ1) is 16.2. The minimum absolute atomic E-state index is 0.143. The van der Waals surface area contributed by atoms with Crippen LogP contribution in [0.5, 0.6) is 0 Å². The van der Waals surface area contributed by atoms with Crippen LogP contribution in [0.1, 0.15) is 28.8 Å². The molecule has 2 aromatic carbocycles. The number of carbonyl (C=O) groups is 2. The molecule has 0 bridgehead atoms. The molecule has 2 aromatic rings. The van der Waals surface area contributed by atoms with Gasteiger partial charge in [0.1, 0.15) is 11.9 Å². The van der Waals surface area contributed by atoms with Crippen LogP contribution in [0.4, 0.5) is 10.1 Å². The summed E-state index contributed by atoms with van der Waals surface area (Å²) in [6, 6.07) is 12.6. The molecule has 2 amide bonds. The first-order chi connectivity index (χ1) is 11.5. The summed E-state index contributed by atoms with van der Waals surface area (Å²) in [4.78, 5) is 26.8. The number of nitrogens with one attached hydrogen (secondary N) is 1. The predicted molar refractivity (Wildman–Crippen MR) is 90.3 cm³/mol. The van der Waals surface area contributed by atoms with E-state index in [-0.39, 0.29) is 11.8 Å². The summed E-state index contributed by atoms with van der Waals surface area (Å²) >= 11 is 0. The van der Waals surface area contributed by atoms with Crippen molar-refractivity contribution in [2.24, 2.45) is 0 Å². The highest BCUT2D eigenvalue weighted by Gasteiger charge is 2.34. The Balaban J connectivity index is 1.75. The van der Waals surface area contributed by atoms with Crippen LogP contribution in [0.15, 0.2) is 48.5 Å². The van der Waals surface area contributed by atoms with Gasteiger partial charge < -0.3 is 10.2 Å². The lowest BCUT2D eigenvalue weighted by molar-refractivity contribution is -0.119. The SMILES string of the molecule is Cc1cccc(C(=O)N2CCC[C@H]2C(=O)Nc2cccc(F)c2)c1. The van der Waals surface area contributed by atoms with E-state index in [0.717, 1.165) is 12.0 Å². The lowest BCUT2D eigenvalue weighted by Crippen LogP contribution is -2.43. The fraction of sp³-hybridized carbons (Fsp3) is 0.263. The summed E-state index contributed by atoms with van der Waals surface area (Å²) in [7, 11) is 0. The van der Waals surface area contributed by atoms with Gasteiger partial charge in [-0.25, -0.2) is 4.39 Å². The molecule has 1 fully saturated rings. The molecule has 0 radical (unpaired) electrons. The molecular formula is C19H19FN2O2. The summed E-state index contributed by atoms with van der Waals surface area (Å²) in [5.41, 5.74) is 1.98. The van der Waals surface area contributed by atoms with Gasteiger partial charge in [-0.3, -0.25) is 9.59 Å². The standard InChI is InChI=1S/C19H19FN2O2/c1-13-5-2-6-14(11-13)19(24)22-10-4-9-17(22)18(23)21-16-8-3-7-15(20)12-16/h2-3,5-8,11-12,17H,4,9-10H2,1H3,(H,21,23)/t17-/m0/s1. The average molecular weight is 326 g/mol. The number of likely N-dealkylation sites (tertiary alicyclic amines) is 1. The molecule has 0 aromatic heterocycles. The number of carbonyl (C=O) groups excluding carboxylic acids is 2. The van der Waals surface area contributed by atoms with Crippen LogP contribution in [0.3, 0.4) is 0 Å². The van der Waals surface area contributed by atoms with Gasteiger partial charge in [-0.2, -0.15) is 0 Å². The number of rotatable bonds is 3. The minimum atomic E-state index is -0.527. The first-order valence-electron chi connectivity index (χ1n) is 7.98. The van der Waals surface area contributed by atoms with Crippen molar-refractivity contribution in [3.8, 4) is 0 Å². The van der Waals surface area contributed by atoms with Gasteiger partial charge in [0.15, 0.2) is 0 Å². The smallest absolute Gasteiger partial charge is 0.254 e. The number of halogens is 1. The summed E-state index contributed by atoms with van der Waals surface area (Å²) in [6.45, 7) is 2.48. The largest absolute Gasteiger partial charge is 0.327 e. The molecular weight excluding hydrogens is 307 g/mol. The van der Waals surface area contributed by atoms with Crippen molar-refractivity contribution in [2.75, 3.05) is 11.9 Å². The van der Waals surface area contributed by atoms with Gasteiger partial charge in [0.05, 0.1) is 0 Å². The zero-order valence-electron chi connectivity index (χ0n) is 13.5. The van der Waals surface area contributed by atoms with Crippen molar-refractivity contribution in [1.82, 2.24) is 4.90 Å². The minimum Gasteiger partial charge on any atom is -0.327 e. The molecule has 0 saturated carbocycles. The summed E-state index contributed by atoms with van der Waals surface area (Å²) < 4.78 is 13.2. The van der Waals surface area contributed by atoms with Crippen molar-refractivity contribution in [3.63, 3.8) is 0 Å². The van der Waals surface area contributed by atoms with Crippen molar-refractivity contribution in [1.29, 1.82) is 0 Å². The predicted octanol–water partition coefficient (Wildman–Crippen LogP) is 3.38. The Morgan fingerprint density at radius 2 is 1.96 bits per heavy atom. The Labute approximate surface area is 140 Å². The normalized spacial score (nSPS) is 16.9. The van der Waals surface area contributed by atoms with Crippen LogP contribution in [0.25, 0.3) is 0 Å². The van der Waals surface area contributed by atoms with Crippen LogP contribution in [0, 0.1) is 12.7 Å². The maximum atomic E-state index is 13.2. The molecule has 4 nitrogen and oxygen atoms in total. The molecule has 1 aliphatic rings. The van der Waals surface area contributed by atoms with Gasteiger partial charge in [0.2, 0.25) is 5.91 Å². The monoisotopic (exact) mass is 326 g/mol. The molecule has 124 valence electrons. The second-order valence-electron chi connectivity index (χ2n) is 6.03. The zero-order valence-corrected chi connectivity index (χ0v) is 13.5. The lowest BCUT2D eigenvalue weighted by atomic mass is 10.1. The zero-order chi connectivity index (χ0) is 17.1. The molecule has 1 atom stereocenters. The number of nitrogens with zero attached hydrogens (tertiary/aromatic N) is 1. The third kappa shape index (κ3) is 3.45. The molecule has 3 rings (SSSR count). The summed E-state index contributed by atoms with van der Waals surface area (Å²) in [5.74, 6) is -0.832. The number of hydrogen-bond donors (Lipinski definition) is 1. The van der Waals surface area contributed by atoms with Gasteiger partial charge >= 0.3 is 0 Å². The second kappa shape index (κ2) is 6.83. The maximum absolute atomic E-state index is 13.2. The van der Waals surface area contributed by atoms with Gasteiger partial charge in [-0.15, -0.1) is 0 Å². The lowest BCUT2D eigenvalue weighted by Gasteiger charge is -2.24. The number of anilines is 1. The van der Waals surface area contributed by atoms with Crippen molar-refractivity contribution in [2.45, 2.75) is 25.8 Å². The molecule has 1 saturated heterocycles. The highest BCUT2D eigenvalue weighted by Crippen LogP contribution is 2.22. The third-order valence-corrected chi connectivity index (χ3v) is 4.17. The first-order valence-corrected chi connectivity index (χ1v) is 7.98. The van der Waals surface area contributed by atoms with Crippen LogP contribution in [-0.4, -0.2) is 29.3 Å². The Morgan fingerprint density at radius 1 is 1.17 bits per heavy atom. The molecule has 5 heteroatoms. The average Bonchev–Trinajstić information content (AvgIpc) is 3.04. The van der Waals surface area contributed by atoms with E-state index >= 15 is 0 Å². The quantitative estimate of drug-likeness (QED) is 0.940. The summed E-state index contributed by atoms with van der Waals surface area (Å²) in [6.07, 6.45) is 1.39. The van der Waals surface area contributed by atoms with Crippen molar-refractivity contribution in [3.05, 3.63) is 65.5 Å². The Kier molecular flexibility index (Phi) is 4.60.